The molecule has 2 aromatic rings. The van der Waals surface area contributed by atoms with E-state index in [0.717, 1.165) is 0 Å². The molecule has 0 aliphatic rings. The highest BCUT2D eigenvalue weighted by atomic mass is 16.3. The first-order valence-corrected chi connectivity index (χ1v) is 7.28. The highest BCUT2D eigenvalue weighted by Crippen LogP contribution is 2.24. The molecule has 120 valence electrons. The van der Waals surface area contributed by atoms with Gasteiger partial charge in [0.2, 0.25) is 5.91 Å². The van der Waals surface area contributed by atoms with E-state index in [0.29, 0.717) is 16.9 Å². The minimum absolute atomic E-state index is 0.143. The van der Waals surface area contributed by atoms with Gasteiger partial charge in [0.05, 0.1) is 17.5 Å². The molecule has 2 rings (SSSR count). The zero-order valence-electron chi connectivity index (χ0n) is 12.8. The van der Waals surface area contributed by atoms with Gasteiger partial charge in [-0.05, 0) is 35.9 Å². The third kappa shape index (κ3) is 4.59. The summed E-state index contributed by atoms with van der Waals surface area (Å²) < 4.78 is 0. The summed E-state index contributed by atoms with van der Waals surface area (Å²) in [6.07, 6.45) is 2.24. The molecule has 0 aliphatic heterocycles. The van der Waals surface area contributed by atoms with Crippen LogP contribution < -0.4 is 11.1 Å². The summed E-state index contributed by atoms with van der Waals surface area (Å²) in [5.74, 6) is -0.435. The molecule has 5 N–H and O–H groups in total. The SMILES string of the molecule is C[C@H](/C=C/C(=O)Nc1ccccc1N)[C@@H](O)c1ccc(O)cc1. The fraction of sp³-hybridized carbons (Fsp3) is 0.167. The fourth-order valence-corrected chi connectivity index (χ4v) is 2.10. The lowest BCUT2D eigenvalue weighted by Gasteiger charge is -2.16. The summed E-state index contributed by atoms with van der Waals surface area (Å²) in [5, 5.41) is 22.2. The maximum atomic E-state index is 11.9. The van der Waals surface area contributed by atoms with Crippen LogP contribution in [0.25, 0.3) is 0 Å². The van der Waals surface area contributed by atoms with E-state index >= 15 is 0 Å². The van der Waals surface area contributed by atoms with Gasteiger partial charge in [-0.3, -0.25) is 4.79 Å². The van der Waals surface area contributed by atoms with Crippen LogP contribution >= 0.6 is 0 Å². The average Bonchev–Trinajstić information content (AvgIpc) is 2.55. The van der Waals surface area contributed by atoms with Crippen molar-refractivity contribution in [3.05, 3.63) is 66.2 Å². The monoisotopic (exact) mass is 312 g/mol. The van der Waals surface area contributed by atoms with Gasteiger partial charge in [0.1, 0.15) is 5.75 Å². The van der Waals surface area contributed by atoms with Gasteiger partial charge in [-0.2, -0.15) is 0 Å². The Morgan fingerprint density at radius 2 is 1.83 bits per heavy atom. The van der Waals surface area contributed by atoms with E-state index in [1.54, 1.807) is 49.4 Å². The third-order valence-electron chi connectivity index (χ3n) is 3.50. The zero-order valence-corrected chi connectivity index (χ0v) is 12.8. The molecule has 2 aromatic carbocycles. The van der Waals surface area contributed by atoms with Crippen LogP contribution in [0.4, 0.5) is 11.4 Å². The summed E-state index contributed by atoms with van der Waals surface area (Å²) >= 11 is 0. The van der Waals surface area contributed by atoms with Crippen molar-refractivity contribution in [2.45, 2.75) is 13.0 Å². The largest absolute Gasteiger partial charge is 0.508 e. The number of phenols is 1. The predicted octanol–water partition coefficient (Wildman–Crippen LogP) is 2.84. The molecule has 1 amide bonds. The van der Waals surface area contributed by atoms with E-state index < -0.39 is 6.10 Å². The molecule has 2 atom stereocenters. The number of carbonyl (C=O) groups is 1. The molecular weight excluding hydrogens is 292 g/mol. The number of aliphatic hydroxyl groups is 1. The molecule has 0 fully saturated rings. The molecule has 23 heavy (non-hydrogen) atoms. The molecule has 0 aromatic heterocycles. The maximum absolute atomic E-state index is 11.9. The minimum atomic E-state index is -0.763. The van der Waals surface area contributed by atoms with Crippen LogP contribution in [-0.4, -0.2) is 16.1 Å². The molecule has 5 nitrogen and oxygen atoms in total. The molecule has 5 heteroatoms. The Morgan fingerprint density at radius 1 is 1.17 bits per heavy atom. The van der Waals surface area contributed by atoms with E-state index in [9.17, 15) is 15.0 Å². The number of nitrogens with one attached hydrogen (secondary N) is 1. The van der Waals surface area contributed by atoms with Crippen LogP contribution in [0, 0.1) is 5.92 Å². The minimum Gasteiger partial charge on any atom is -0.508 e. The van der Waals surface area contributed by atoms with Gasteiger partial charge >= 0.3 is 0 Å². The number of anilines is 2. The number of hydrogen-bond donors (Lipinski definition) is 4. The lowest BCUT2D eigenvalue weighted by molar-refractivity contribution is -0.111. The van der Waals surface area contributed by atoms with Crippen molar-refractivity contribution in [2.75, 3.05) is 11.1 Å². The average molecular weight is 312 g/mol. The van der Waals surface area contributed by atoms with Gasteiger partial charge in [0.25, 0.3) is 0 Å². The van der Waals surface area contributed by atoms with Crippen LogP contribution in [0.15, 0.2) is 60.7 Å². The number of carbonyl (C=O) groups excluding carboxylic acids is 1. The third-order valence-corrected chi connectivity index (χ3v) is 3.50. The van der Waals surface area contributed by atoms with Crippen molar-refractivity contribution in [2.24, 2.45) is 5.92 Å². The maximum Gasteiger partial charge on any atom is 0.248 e. The Bertz CT molecular complexity index is 696. The Morgan fingerprint density at radius 3 is 2.48 bits per heavy atom. The quantitative estimate of drug-likeness (QED) is 0.504. The van der Waals surface area contributed by atoms with E-state index in [1.165, 1.54) is 18.2 Å². The van der Waals surface area contributed by atoms with Crippen molar-refractivity contribution >= 4 is 17.3 Å². The van der Waals surface area contributed by atoms with Gasteiger partial charge in [0.15, 0.2) is 0 Å². The molecule has 0 unspecified atom stereocenters. The smallest absolute Gasteiger partial charge is 0.248 e. The van der Waals surface area contributed by atoms with Crippen molar-refractivity contribution in [3.63, 3.8) is 0 Å². The lowest BCUT2D eigenvalue weighted by atomic mass is 9.97. The number of hydrogen-bond acceptors (Lipinski definition) is 4. The molecule has 0 saturated carbocycles. The topological polar surface area (TPSA) is 95.6 Å². The van der Waals surface area contributed by atoms with Crippen molar-refractivity contribution in [3.8, 4) is 5.75 Å². The molecule has 0 bridgehead atoms. The van der Waals surface area contributed by atoms with Crippen LogP contribution in [0.5, 0.6) is 5.75 Å². The summed E-state index contributed by atoms with van der Waals surface area (Å²) in [4.78, 5) is 11.9. The van der Waals surface area contributed by atoms with E-state index in [4.69, 9.17) is 5.73 Å². The molecular formula is C18H20N2O3. The van der Waals surface area contributed by atoms with Crippen molar-refractivity contribution in [1.82, 2.24) is 0 Å². The number of nitrogens with two attached hydrogens (primary N) is 1. The second kappa shape index (κ2) is 7.47. The number of aromatic hydroxyl groups is 1. The Labute approximate surface area is 135 Å². The van der Waals surface area contributed by atoms with Gasteiger partial charge in [0, 0.05) is 5.92 Å². The summed E-state index contributed by atoms with van der Waals surface area (Å²) in [5.41, 5.74) is 7.48. The van der Waals surface area contributed by atoms with Gasteiger partial charge in [-0.25, -0.2) is 0 Å². The fourth-order valence-electron chi connectivity index (χ4n) is 2.10. The van der Waals surface area contributed by atoms with E-state index in [-0.39, 0.29) is 17.6 Å². The number of para-hydroxylation sites is 2. The summed E-state index contributed by atoms with van der Waals surface area (Å²) in [6.45, 7) is 1.80. The lowest BCUT2D eigenvalue weighted by Crippen LogP contribution is -2.11. The number of benzene rings is 2. The number of rotatable bonds is 5. The normalized spacial score (nSPS) is 13.7. The van der Waals surface area contributed by atoms with E-state index in [2.05, 4.69) is 5.32 Å². The first-order chi connectivity index (χ1) is 11.0. The molecule has 0 radical (unpaired) electrons. The highest BCUT2D eigenvalue weighted by Gasteiger charge is 2.14. The Hall–Kier alpha value is -2.79. The first kappa shape index (κ1) is 16.6. The standard InChI is InChI=1S/C18H20N2O3/c1-12(18(23)13-7-9-14(21)10-8-13)6-11-17(22)20-16-5-3-2-4-15(16)19/h2-12,18,21,23H,19H2,1H3,(H,20,22)/b11-6+/t12-,18-/m1/s1. The van der Waals surface area contributed by atoms with E-state index in [1.807, 2.05) is 0 Å². The second-order valence-electron chi connectivity index (χ2n) is 5.33. The van der Waals surface area contributed by atoms with Crippen LogP contribution in [0.2, 0.25) is 0 Å². The molecule has 0 aliphatic carbocycles. The van der Waals surface area contributed by atoms with Gasteiger partial charge in [-0.1, -0.05) is 37.3 Å². The predicted molar refractivity (Wildman–Crippen MR) is 90.9 cm³/mol. The van der Waals surface area contributed by atoms with Crippen molar-refractivity contribution in [1.29, 1.82) is 0 Å². The number of nitrogen functional groups attached to an aromatic ring is 1. The second-order valence-corrected chi connectivity index (χ2v) is 5.33. The summed E-state index contributed by atoms with van der Waals surface area (Å²) in [7, 11) is 0. The van der Waals surface area contributed by atoms with Gasteiger partial charge < -0.3 is 21.3 Å². The molecule has 0 spiro atoms. The van der Waals surface area contributed by atoms with Crippen LogP contribution in [0.1, 0.15) is 18.6 Å². The number of aliphatic hydroxyl groups excluding tert-OH is 1. The summed E-state index contributed by atoms with van der Waals surface area (Å²) in [6, 6.07) is 13.3. The van der Waals surface area contributed by atoms with Crippen molar-refractivity contribution < 1.29 is 15.0 Å². The molecule has 0 saturated heterocycles. The van der Waals surface area contributed by atoms with Crippen LogP contribution in [-0.2, 0) is 4.79 Å². The Kier molecular flexibility index (Phi) is 5.38. The number of amides is 1. The molecule has 0 heterocycles. The van der Waals surface area contributed by atoms with Gasteiger partial charge in [-0.15, -0.1) is 0 Å². The first-order valence-electron chi connectivity index (χ1n) is 7.28. The van der Waals surface area contributed by atoms with Crippen LogP contribution in [0.3, 0.4) is 0 Å². The highest BCUT2D eigenvalue weighted by molar-refractivity contribution is 6.01. The zero-order chi connectivity index (χ0) is 16.8. The number of phenolic OH excluding ortho intramolecular Hbond substituents is 1. The Balaban J connectivity index is 1.97.